The lowest BCUT2D eigenvalue weighted by molar-refractivity contribution is 0.242. The molecule has 2 aromatic carbocycles. The Balaban J connectivity index is 2.22. The molecular weight excluding hydrogens is 343 g/mol. The van der Waals surface area contributed by atoms with Gasteiger partial charge in [-0.1, -0.05) is 34.1 Å². The van der Waals surface area contributed by atoms with Crippen molar-refractivity contribution in [2.45, 2.75) is 25.3 Å². The van der Waals surface area contributed by atoms with Crippen molar-refractivity contribution >= 4 is 27.5 Å². The average Bonchev–Trinajstić information content (AvgIpc) is 2.38. The first-order valence-corrected chi connectivity index (χ1v) is 7.56. The smallest absolute Gasteiger partial charge is 0.129 e. The van der Waals surface area contributed by atoms with Crippen molar-refractivity contribution in [3.63, 3.8) is 0 Å². The van der Waals surface area contributed by atoms with Crippen molar-refractivity contribution in [2.75, 3.05) is 0 Å². The highest BCUT2D eigenvalue weighted by atomic mass is 79.9. The van der Waals surface area contributed by atoms with E-state index >= 15 is 0 Å². The van der Waals surface area contributed by atoms with E-state index in [9.17, 15) is 4.39 Å². The first-order valence-electron chi connectivity index (χ1n) is 6.33. The molecule has 0 aromatic heterocycles. The SMILES string of the molecule is CC(C)Oc1ccc(C(Cl)c2ccc(Br)cc2F)cc1. The fourth-order valence-corrected chi connectivity index (χ4v) is 2.53. The highest BCUT2D eigenvalue weighted by Gasteiger charge is 2.15. The summed E-state index contributed by atoms with van der Waals surface area (Å²) in [5, 5.41) is -0.517. The van der Waals surface area contributed by atoms with Crippen molar-refractivity contribution in [1.82, 2.24) is 0 Å². The number of hydrogen-bond donors (Lipinski definition) is 0. The third kappa shape index (κ3) is 3.74. The summed E-state index contributed by atoms with van der Waals surface area (Å²) in [5.41, 5.74) is 1.30. The summed E-state index contributed by atoms with van der Waals surface area (Å²) in [7, 11) is 0. The third-order valence-electron chi connectivity index (χ3n) is 2.78. The molecule has 4 heteroatoms. The van der Waals surface area contributed by atoms with E-state index in [1.165, 1.54) is 6.07 Å². The van der Waals surface area contributed by atoms with E-state index in [1.54, 1.807) is 12.1 Å². The molecule has 0 saturated heterocycles. The van der Waals surface area contributed by atoms with Crippen LogP contribution >= 0.6 is 27.5 Å². The van der Waals surface area contributed by atoms with Crippen LogP contribution in [0.1, 0.15) is 30.4 Å². The minimum Gasteiger partial charge on any atom is -0.491 e. The molecule has 0 amide bonds. The molecule has 1 unspecified atom stereocenters. The number of alkyl halides is 1. The predicted octanol–water partition coefficient (Wildman–Crippen LogP) is 5.70. The van der Waals surface area contributed by atoms with Gasteiger partial charge in [-0.2, -0.15) is 0 Å². The molecule has 2 aromatic rings. The fraction of sp³-hybridized carbons (Fsp3) is 0.250. The second kappa shape index (κ2) is 6.59. The molecule has 0 aliphatic heterocycles. The van der Waals surface area contributed by atoms with E-state index in [1.807, 2.05) is 38.1 Å². The van der Waals surface area contributed by atoms with Gasteiger partial charge in [-0.3, -0.25) is 0 Å². The molecule has 0 saturated carbocycles. The van der Waals surface area contributed by atoms with Gasteiger partial charge in [0.1, 0.15) is 11.6 Å². The maximum atomic E-state index is 13.9. The minimum absolute atomic E-state index is 0.122. The number of halogens is 3. The topological polar surface area (TPSA) is 9.23 Å². The van der Waals surface area contributed by atoms with Crippen molar-refractivity contribution < 1.29 is 9.13 Å². The lowest BCUT2D eigenvalue weighted by Gasteiger charge is -2.14. The van der Waals surface area contributed by atoms with Crippen molar-refractivity contribution in [1.29, 1.82) is 0 Å². The highest BCUT2D eigenvalue weighted by Crippen LogP contribution is 2.32. The molecule has 0 bridgehead atoms. The third-order valence-corrected chi connectivity index (χ3v) is 3.76. The first kappa shape index (κ1) is 15.3. The number of ether oxygens (including phenoxy) is 1. The van der Waals surface area contributed by atoms with Crippen molar-refractivity contribution in [2.24, 2.45) is 0 Å². The van der Waals surface area contributed by atoms with Crippen LogP contribution in [-0.4, -0.2) is 6.10 Å². The van der Waals surface area contributed by atoms with Crippen molar-refractivity contribution in [3.8, 4) is 5.75 Å². The summed E-state index contributed by atoms with van der Waals surface area (Å²) < 4.78 is 20.2. The summed E-state index contributed by atoms with van der Waals surface area (Å²) in [5.74, 6) is 0.464. The van der Waals surface area contributed by atoms with Crippen LogP contribution in [0.3, 0.4) is 0 Å². The van der Waals surface area contributed by atoms with E-state index in [-0.39, 0.29) is 11.9 Å². The minimum atomic E-state index is -0.517. The summed E-state index contributed by atoms with van der Waals surface area (Å²) >= 11 is 9.59. The zero-order valence-electron chi connectivity index (χ0n) is 11.2. The average molecular weight is 358 g/mol. The Morgan fingerprint density at radius 3 is 2.30 bits per heavy atom. The van der Waals surface area contributed by atoms with Crippen LogP contribution < -0.4 is 4.74 Å². The van der Waals surface area contributed by atoms with Crippen molar-refractivity contribution in [3.05, 3.63) is 63.9 Å². The van der Waals surface area contributed by atoms with Crippen LogP contribution in [0.4, 0.5) is 4.39 Å². The standard InChI is InChI=1S/C16H15BrClFO/c1-10(2)20-13-6-3-11(4-7-13)16(18)14-8-5-12(17)9-15(14)19/h3-10,16H,1-2H3. The monoisotopic (exact) mass is 356 g/mol. The van der Waals surface area contributed by atoms with Crippen LogP contribution in [0.2, 0.25) is 0 Å². The van der Waals surface area contributed by atoms with E-state index < -0.39 is 5.38 Å². The number of rotatable bonds is 4. The lowest BCUT2D eigenvalue weighted by Crippen LogP contribution is -2.05. The van der Waals surface area contributed by atoms with E-state index in [0.29, 0.717) is 10.0 Å². The first-order chi connectivity index (χ1) is 9.47. The van der Waals surface area contributed by atoms with E-state index in [0.717, 1.165) is 11.3 Å². The molecule has 0 spiro atoms. The van der Waals surface area contributed by atoms with Crippen LogP contribution in [0.5, 0.6) is 5.75 Å². The Kier molecular flexibility index (Phi) is 5.06. The molecule has 0 N–H and O–H groups in total. The molecule has 1 atom stereocenters. The van der Waals surface area contributed by atoms with Gasteiger partial charge in [-0.25, -0.2) is 4.39 Å². The van der Waals surface area contributed by atoms with Crippen LogP contribution in [-0.2, 0) is 0 Å². The summed E-state index contributed by atoms with van der Waals surface area (Å²) in [6.07, 6.45) is 0.122. The Morgan fingerprint density at radius 1 is 1.10 bits per heavy atom. The highest BCUT2D eigenvalue weighted by molar-refractivity contribution is 9.10. The zero-order valence-corrected chi connectivity index (χ0v) is 13.6. The zero-order chi connectivity index (χ0) is 14.7. The summed E-state index contributed by atoms with van der Waals surface area (Å²) in [4.78, 5) is 0. The molecule has 20 heavy (non-hydrogen) atoms. The van der Waals surface area contributed by atoms with Gasteiger partial charge in [0.25, 0.3) is 0 Å². The van der Waals surface area contributed by atoms with Gasteiger partial charge in [0.2, 0.25) is 0 Å². The molecule has 106 valence electrons. The normalized spacial score (nSPS) is 12.5. The van der Waals surface area contributed by atoms with Gasteiger partial charge in [-0.15, -0.1) is 11.6 Å². The molecule has 0 aliphatic carbocycles. The van der Waals surface area contributed by atoms with E-state index in [2.05, 4.69) is 15.9 Å². The Bertz CT molecular complexity index is 584. The van der Waals surface area contributed by atoms with Gasteiger partial charge in [-0.05, 0) is 43.7 Å². The molecular formula is C16H15BrClFO. The quantitative estimate of drug-likeness (QED) is 0.637. The molecule has 1 nitrogen and oxygen atoms in total. The Hall–Kier alpha value is -1.06. The largest absolute Gasteiger partial charge is 0.491 e. The lowest BCUT2D eigenvalue weighted by atomic mass is 10.0. The van der Waals surface area contributed by atoms with Gasteiger partial charge in [0, 0.05) is 10.0 Å². The second-order valence-corrected chi connectivity index (χ2v) is 6.12. The number of hydrogen-bond acceptors (Lipinski definition) is 1. The second-order valence-electron chi connectivity index (χ2n) is 4.76. The molecule has 0 radical (unpaired) electrons. The maximum absolute atomic E-state index is 13.9. The Morgan fingerprint density at radius 2 is 1.75 bits per heavy atom. The fourth-order valence-electron chi connectivity index (χ4n) is 1.87. The van der Waals surface area contributed by atoms with Gasteiger partial charge in [0.05, 0.1) is 11.5 Å². The molecule has 0 heterocycles. The van der Waals surface area contributed by atoms with Gasteiger partial charge in [0.15, 0.2) is 0 Å². The maximum Gasteiger partial charge on any atom is 0.129 e. The molecule has 0 fully saturated rings. The van der Waals surface area contributed by atoms with Crippen LogP contribution in [0.25, 0.3) is 0 Å². The van der Waals surface area contributed by atoms with Crippen LogP contribution in [0, 0.1) is 5.82 Å². The number of benzene rings is 2. The summed E-state index contributed by atoms with van der Waals surface area (Å²) in [6, 6.07) is 12.3. The van der Waals surface area contributed by atoms with Gasteiger partial charge >= 0.3 is 0 Å². The van der Waals surface area contributed by atoms with Crippen LogP contribution in [0.15, 0.2) is 46.9 Å². The summed E-state index contributed by atoms with van der Waals surface area (Å²) in [6.45, 7) is 3.94. The Labute approximate surface area is 131 Å². The molecule has 2 rings (SSSR count). The van der Waals surface area contributed by atoms with E-state index in [4.69, 9.17) is 16.3 Å². The predicted molar refractivity (Wildman–Crippen MR) is 84.0 cm³/mol. The molecule has 0 aliphatic rings. The van der Waals surface area contributed by atoms with Gasteiger partial charge < -0.3 is 4.74 Å².